The molecule has 38 heavy (non-hydrogen) atoms. The van der Waals surface area contributed by atoms with Crippen LogP contribution >= 0.6 is 27.5 Å². The van der Waals surface area contributed by atoms with Crippen LogP contribution in [0.3, 0.4) is 0 Å². The highest BCUT2D eigenvalue weighted by Gasteiger charge is 2.33. The molecule has 1 atom stereocenters. The van der Waals surface area contributed by atoms with Gasteiger partial charge in [-0.05, 0) is 55.3 Å². The predicted molar refractivity (Wildman–Crippen MR) is 156 cm³/mol. The zero-order valence-corrected chi connectivity index (χ0v) is 24.6. The Hall–Kier alpha value is -2.88. The fourth-order valence-corrected chi connectivity index (χ4v) is 5.26. The minimum atomic E-state index is -3.85. The first kappa shape index (κ1) is 29.7. The zero-order chi connectivity index (χ0) is 27.9. The highest BCUT2D eigenvalue weighted by molar-refractivity contribution is 9.10. The lowest BCUT2D eigenvalue weighted by Crippen LogP contribution is -2.54. The molecule has 0 aliphatic carbocycles. The van der Waals surface area contributed by atoms with E-state index in [1.165, 1.54) is 11.0 Å². The van der Waals surface area contributed by atoms with E-state index in [2.05, 4.69) is 21.2 Å². The van der Waals surface area contributed by atoms with E-state index in [9.17, 15) is 18.0 Å². The number of carbonyl (C=O) groups is 2. The van der Waals surface area contributed by atoms with Crippen molar-refractivity contribution < 1.29 is 18.0 Å². The average Bonchev–Trinajstić information content (AvgIpc) is 2.85. The van der Waals surface area contributed by atoms with Crippen LogP contribution in [0.2, 0.25) is 5.02 Å². The van der Waals surface area contributed by atoms with Gasteiger partial charge in [-0.1, -0.05) is 76.1 Å². The number of anilines is 1. The number of hydrogen-bond donors (Lipinski definition) is 1. The summed E-state index contributed by atoms with van der Waals surface area (Å²) >= 11 is 9.54. The fraction of sp³-hybridized carbons (Fsp3) is 0.286. The Morgan fingerprint density at radius 3 is 2.18 bits per heavy atom. The Bertz CT molecular complexity index is 1350. The van der Waals surface area contributed by atoms with Crippen molar-refractivity contribution in [2.75, 3.05) is 17.1 Å². The molecule has 3 aromatic rings. The Balaban J connectivity index is 2.05. The van der Waals surface area contributed by atoms with Gasteiger partial charge in [-0.3, -0.25) is 13.9 Å². The number of nitrogens with one attached hydrogen (secondary N) is 1. The van der Waals surface area contributed by atoms with E-state index in [1.54, 1.807) is 18.2 Å². The van der Waals surface area contributed by atoms with Crippen LogP contribution in [0.5, 0.6) is 0 Å². The summed E-state index contributed by atoms with van der Waals surface area (Å²) in [6.07, 6.45) is 1.30. The van der Waals surface area contributed by atoms with Crippen molar-refractivity contribution in [1.82, 2.24) is 10.2 Å². The van der Waals surface area contributed by atoms with Gasteiger partial charge >= 0.3 is 0 Å². The first-order chi connectivity index (χ1) is 17.9. The van der Waals surface area contributed by atoms with Gasteiger partial charge in [0.1, 0.15) is 12.6 Å². The van der Waals surface area contributed by atoms with Gasteiger partial charge in [0, 0.05) is 28.5 Å². The number of halogens is 2. The van der Waals surface area contributed by atoms with Gasteiger partial charge in [0.15, 0.2) is 0 Å². The number of benzene rings is 3. The molecule has 3 rings (SSSR count). The van der Waals surface area contributed by atoms with Crippen molar-refractivity contribution in [3.05, 3.63) is 99.5 Å². The second-order valence-corrected chi connectivity index (χ2v) is 12.5. The van der Waals surface area contributed by atoms with Crippen LogP contribution in [0.25, 0.3) is 0 Å². The fourth-order valence-electron chi connectivity index (χ4n) is 3.97. The first-order valence-corrected chi connectivity index (χ1v) is 15.1. The summed E-state index contributed by atoms with van der Waals surface area (Å²) in [6.45, 7) is 3.32. The molecule has 0 unspecified atom stereocenters. The van der Waals surface area contributed by atoms with Gasteiger partial charge in [0.25, 0.3) is 0 Å². The molecule has 0 fully saturated rings. The van der Waals surface area contributed by atoms with Crippen LogP contribution < -0.4 is 9.62 Å². The minimum Gasteiger partial charge on any atom is -0.352 e. The largest absolute Gasteiger partial charge is 0.352 e. The van der Waals surface area contributed by atoms with E-state index in [0.29, 0.717) is 5.02 Å². The normalized spacial score (nSPS) is 12.2. The molecular formula is C28H31BrClN3O4S. The summed E-state index contributed by atoms with van der Waals surface area (Å²) in [5.41, 5.74) is 1.94. The highest BCUT2D eigenvalue weighted by Crippen LogP contribution is 2.23. The molecule has 0 radical (unpaired) electrons. The van der Waals surface area contributed by atoms with Crippen LogP contribution in [-0.4, -0.2) is 50.0 Å². The van der Waals surface area contributed by atoms with Gasteiger partial charge in [0.05, 0.1) is 11.9 Å². The molecule has 0 aliphatic heterocycles. The third-order valence-electron chi connectivity index (χ3n) is 5.74. The molecular weight excluding hydrogens is 590 g/mol. The SMILES string of the molecule is CC(C)NC(=O)[C@H](Cc1ccccc1)N(Cc1ccc(Br)cc1)C(=O)CN(c1cccc(Cl)c1)S(C)(=O)=O. The maximum absolute atomic E-state index is 13.9. The standard InChI is InChI=1S/C28H31BrClN3O4S/c1-20(2)31-28(35)26(16-21-8-5-4-6-9-21)32(18-22-12-14-23(29)15-13-22)27(34)19-33(38(3,36)37)25-11-7-10-24(30)17-25/h4-15,17,20,26H,16,18-19H2,1-3H3,(H,31,35)/t26-/m0/s1. The van der Waals surface area contributed by atoms with Gasteiger partial charge in [-0.25, -0.2) is 8.42 Å². The molecule has 0 saturated carbocycles. The summed E-state index contributed by atoms with van der Waals surface area (Å²) in [7, 11) is -3.85. The Morgan fingerprint density at radius 1 is 0.947 bits per heavy atom. The summed E-state index contributed by atoms with van der Waals surface area (Å²) in [5.74, 6) is -0.832. The quantitative estimate of drug-likeness (QED) is 0.326. The van der Waals surface area contributed by atoms with E-state index in [1.807, 2.05) is 68.4 Å². The number of nitrogens with zero attached hydrogens (tertiary/aromatic N) is 2. The Morgan fingerprint density at radius 2 is 1.61 bits per heavy atom. The molecule has 10 heteroatoms. The van der Waals surface area contributed by atoms with Crippen molar-refractivity contribution >= 4 is 55.1 Å². The molecule has 0 bridgehead atoms. The lowest BCUT2D eigenvalue weighted by molar-refractivity contribution is -0.140. The van der Waals surface area contributed by atoms with E-state index in [-0.39, 0.29) is 30.6 Å². The number of hydrogen-bond acceptors (Lipinski definition) is 4. The third-order valence-corrected chi connectivity index (χ3v) is 7.65. The number of amides is 2. The summed E-state index contributed by atoms with van der Waals surface area (Å²) in [6, 6.07) is 22.1. The van der Waals surface area contributed by atoms with Gasteiger partial charge < -0.3 is 10.2 Å². The highest BCUT2D eigenvalue weighted by atomic mass is 79.9. The number of carbonyl (C=O) groups excluding carboxylic acids is 2. The van der Waals surface area contributed by atoms with E-state index in [4.69, 9.17) is 11.6 Å². The lowest BCUT2D eigenvalue weighted by Gasteiger charge is -2.34. The first-order valence-electron chi connectivity index (χ1n) is 12.1. The number of rotatable bonds is 11. The summed E-state index contributed by atoms with van der Waals surface area (Å²) in [5, 5.41) is 3.27. The molecule has 7 nitrogen and oxygen atoms in total. The topological polar surface area (TPSA) is 86.8 Å². The molecule has 0 heterocycles. The lowest BCUT2D eigenvalue weighted by atomic mass is 10.0. The van der Waals surface area contributed by atoms with Crippen molar-refractivity contribution in [1.29, 1.82) is 0 Å². The molecule has 0 aliphatic rings. The second-order valence-electron chi connectivity index (χ2n) is 9.27. The maximum Gasteiger partial charge on any atom is 0.244 e. The zero-order valence-electron chi connectivity index (χ0n) is 21.5. The van der Waals surface area contributed by atoms with Crippen LogP contribution in [0.4, 0.5) is 5.69 Å². The average molecular weight is 621 g/mol. The van der Waals surface area contributed by atoms with Crippen molar-refractivity contribution in [3.63, 3.8) is 0 Å². The smallest absolute Gasteiger partial charge is 0.244 e. The van der Waals surface area contributed by atoms with Crippen molar-refractivity contribution in [3.8, 4) is 0 Å². The van der Waals surface area contributed by atoms with Crippen LogP contribution in [0, 0.1) is 0 Å². The molecule has 202 valence electrons. The molecule has 3 aromatic carbocycles. The van der Waals surface area contributed by atoms with Crippen molar-refractivity contribution in [2.45, 2.75) is 38.9 Å². The summed E-state index contributed by atoms with van der Waals surface area (Å²) in [4.78, 5) is 28.9. The van der Waals surface area contributed by atoms with E-state index < -0.39 is 28.5 Å². The Kier molecular flexibility index (Phi) is 10.4. The molecule has 0 spiro atoms. The third kappa shape index (κ3) is 8.58. The van der Waals surface area contributed by atoms with Gasteiger partial charge in [-0.15, -0.1) is 0 Å². The van der Waals surface area contributed by atoms with Crippen LogP contribution in [0.1, 0.15) is 25.0 Å². The van der Waals surface area contributed by atoms with E-state index >= 15 is 0 Å². The van der Waals surface area contributed by atoms with Gasteiger partial charge in [0.2, 0.25) is 21.8 Å². The van der Waals surface area contributed by atoms with Gasteiger partial charge in [-0.2, -0.15) is 0 Å². The Labute approximate surface area is 238 Å². The van der Waals surface area contributed by atoms with Crippen LogP contribution in [-0.2, 0) is 32.6 Å². The van der Waals surface area contributed by atoms with E-state index in [0.717, 1.165) is 26.2 Å². The molecule has 2 amide bonds. The molecule has 0 aromatic heterocycles. The predicted octanol–water partition coefficient (Wildman–Crippen LogP) is 5.03. The monoisotopic (exact) mass is 619 g/mol. The van der Waals surface area contributed by atoms with Crippen molar-refractivity contribution in [2.24, 2.45) is 0 Å². The second kappa shape index (κ2) is 13.3. The minimum absolute atomic E-state index is 0.113. The molecule has 1 N–H and O–H groups in total. The summed E-state index contributed by atoms with van der Waals surface area (Å²) < 4.78 is 27.4. The number of sulfonamides is 1. The molecule has 0 saturated heterocycles. The van der Waals surface area contributed by atoms with Crippen LogP contribution in [0.15, 0.2) is 83.3 Å². The maximum atomic E-state index is 13.9.